The maximum atomic E-state index is 12.6. The Morgan fingerprint density at radius 1 is 1.22 bits per heavy atom. The average molecular weight is 334 g/mol. The summed E-state index contributed by atoms with van der Waals surface area (Å²) in [4.78, 5) is 15.7. The molecule has 1 heterocycles. The van der Waals surface area contributed by atoms with Crippen LogP contribution in [0.25, 0.3) is 0 Å². The van der Waals surface area contributed by atoms with Crippen molar-refractivity contribution >= 4 is 16.0 Å². The molecule has 0 saturated heterocycles. The van der Waals surface area contributed by atoms with Crippen molar-refractivity contribution in [1.29, 1.82) is 0 Å². The second kappa shape index (κ2) is 6.89. The average Bonchev–Trinajstić information content (AvgIpc) is 2.53. The first-order valence-corrected chi connectivity index (χ1v) is 8.44. The van der Waals surface area contributed by atoms with Crippen molar-refractivity contribution in [3.63, 3.8) is 0 Å². The van der Waals surface area contributed by atoms with E-state index < -0.39 is 22.0 Å². The summed E-state index contributed by atoms with van der Waals surface area (Å²) in [5, 5.41) is 9.43. The molecule has 1 N–H and O–H groups in total. The molecule has 0 aliphatic heterocycles. The summed E-state index contributed by atoms with van der Waals surface area (Å²) < 4.78 is 26.1. The molecule has 0 fully saturated rings. The second-order valence-corrected chi connectivity index (χ2v) is 7.21. The number of carbonyl (C=O) groups is 1. The molecule has 0 aliphatic rings. The number of carboxylic acids is 1. The lowest BCUT2D eigenvalue weighted by molar-refractivity contribution is -0.141. The first-order valence-electron chi connectivity index (χ1n) is 7.00. The van der Waals surface area contributed by atoms with Gasteiger partial charge in [-0.25, -0.2) is 8.42 Å². The van der Waals surface area contributed by atoms with E-state index >= 15 is 0 Å². The van der Waals surface area contributed by atoms with E-state index in [1.165, 1.54) is 19.2 Å². The maximum Gasteiger partial charge on any atom is 0.322 e. The van der Waals surface area contributed by atoms with Crippen molar-refractivity contribution in [2.75, 3.05) is 7.05 Å². The summed E-state index contributed by atoms with van der Waals surface area (Å²) in [7, 11) is -2.62. The SMILES string of the molecule is Cc1ccc(S(=O)(=O)N(C)C(Cc2ccccn2)C(=O)O)cc1. The molecular formula is C16H18N2O4S. The molecule has 2 aromatic rings. The van der Waals surface area contributed by atoms with Gasteiger partial charge in [0.2, 0.25) is 10.0 Å². The molecule has 0 saturated carbocycles. The highest BCUT2D eigenvalue weighted by atomic mass is 32.2. The van der Waals surface area contributed by atoms with Crippen LogP contribution in [-0.2, 0) is 21.2 Å². The molecular weight excluding hydrogens is 316 g/mol. The predicted octanol–water partition coefficient (Wildman–Crippen LogP) is 1.71. The smallest absolute Gasteiger partial charge is 0.322 e. The monoisotopic (exact) mass is 334 g/mol. The summed E-state index contributed by atoms with van der Waals surface area (Å²) in [5.74, 6) is -1.21. The molecule has 0 spiro atoms. The van der Waals surface area contributed by atoms with Crippen LogP contribution in [0.3, 0.4) is 0 Å². The highest BCUT2D eigenvalue weighted by molar-refractivity contribution is 7.89. The molecule has 0 amide bonds. The Labute approximate surface area is 135 Å². The minimum Gasteiger partial charge on any atom is -0.480 e. The number of rotatable bonds is 6. The van der Waals surface area contributed by atoms with Gasteiger partial charge >= 0.3 is 5.97 Å². The third-order valence-electron chi connectivity index (χ3n) is 3.55. The van der Waals surface area contributed by atoms with E-state index in [1.54, 1.807) is 36.5 Å². The van der Waals surface area contributed by atoms with E-state index in [0.29, 0.717) is 5.69 Å². The predicted molar refractivity (Wildman–Crippen MR) is 85.5 cm³/mol. The van der Waals surface area contributed by atoms with Gasteiger partial charge in [0, 0.05) is 25.4 Å². The van der Waals surface area contributed by atoms with E-state index in [9.17, 15) is 18.3 Å². The molecule has 23 heavy (non-hydrogen) atoms. The number of aliphatic carboxylic acids is 1. The number of nitrogens with zero attached hydrogens (tertiary/aromatic N) is 2. The molecule has 1 aromatic heterocycles. The van der Waals surface area contributed by atoms with Crippen LogP contribution < -0.4 is 0 Å². The van der Waals surface area contributed by atoms with Gasteiger partial charge in [-0.3, -0.25) is 9.78 Å². The van der Waals surface area contributed by atoms with E-state index in [0.717, 1.165) is 9.87 Å². The zero-order valence-electron chi connectivity index (χ0n) is 12.9. The highest BCUT2D eigenvalue weighted by Gasteiger charge is 2.33. The lowest BCUT2D eigenvalue weighted by atomic mass is 10.1. The van der Waals surface area contributed by atoms with Gasteiger partial charge in [-0.2, -0.15) is 4.31 Å². The van der Waals surface area contributed by atoms with Gasteiger partial charge in [0.1, 0.15) is 6.04 Å². The fraction of sp³-hybridized carbons (Fsp3) is 0.250. The van der Waals surface area contributed by atoms with E-state index in [-0.39, 0.29) is 11.3 Å². The number of sulfonamides is 1. The normalized spacial score (nSPS) is 13.0. The van der Waals surface area contributed by atoms with Gasteiger partial charge < -0.3 is 5.11 Å². The fourth-order valence-electron chi connectivity index (χ4n) is 2.13. The van der Waals surface area contributed by atoms with Crippen LogP contribution in [0.2, 0.25) is 0 Å². The molecule has 0 radical (unpaired) electrons. The van der Waals surface area contributed by atoms with Gasteiger partial charge in [0.25, 0.3) is 0 Å². The number of carboxylic acid groups (broad SMARTS) is 1. The second-order valence-electron chi connectivity index (χ2n) is 5.21. The van der Waals surface area contributed by atoms with E-state index in [1.807, 2.05) is 6.92 Å². The Balaban J connectivity index is 2.31. The molecule has 0 aliphatic carbocycles. The molecule has 1 unspecified atom stereocenters. The number of hydrogen-bond donors (Lipinski definition) is 1. The number of pyridine rings is 1. The van der Waals surface area contributed by atoms with Gasteiger partial charge in [-0.05, 0) is 31.2 Å². The van der Waals surface area contributed by atoms with Crippen molar-refractivity contribution in [3.05, 3.63) is 59.9 Å². The first kappa shape index (κ1) is 17.1. The standard InChI is InChI=1S/C16H18N2O4S/c1-12-6-8-14(9-7-12)23(21,22)18(2)15(16(19)20)11-13-5-3-4-10-17-13/h3-10,15H,11H2,1-2H3,(H,19,20). The highest BCUT2D eigenvalue weighted by Crippen LogP contribution is 2.19. The van der Waals surface area contributed by atoms with Crippen molar-refractivity contribution in [2.45, 2.75) is 24.3 Å². The zero-order valence-corrected chi connectivity index (χ0v) is 13.7. The van der Waals surface area contributed by atoms with Gasteiger partial charge in [0.05, 0.1) is 4.90 Å². The number of likely N-dealkylation sites (N-methyl/N-ethyl adjacent to an activating group) is 1. The number of aryl methyl sites for hydroxylation is 1. The lowest BCUT2D eigenvalue weighted by Gasteiger charge is -2.24. The minimum absolute atomic E-state index is 0.00222. The van der Waals surface area contributed by atoms with Crippen molar-refractivity contribution in [3.8, 4) is 0 Å². The quantitative estimate of drug-likeness (QED) is 0.869. The Morgan fingerprint density at radius 3 is 2.39 bits per heavy atom. The largest absolute Gasteiger partial charge is 0.480 e. The Hall–Kier alpha value is -2.25. The number of benzene rings is 1. The van der Waals surface area contributed by atoms with Crippen molar-refractivity contribution < 1.29 is 18.3 Å². The van der Waals surface area contributed by atoms with Crippen LogP contribution in [0.1, 0.15) is 11.3 Å². The maximum absolute atomic E-state index is 12.6. The Morgan fingerprint density at radius 2 is 1.87 bits per heavy atom. The van der Waals surface area contributed by atoms with Crippen LogP contribution >= 0.6 is 0 Å². The summed E-state index contributed by atoms with van der Waals surface area (Å²) in [6.45, 7) is 1.85. The van der Waals surface area contributed by atoms with Gasteiger partial charge in [0.15, 0.2) is 0 Å². The van der Waals surface area contributed by atoms with Crippen molar-refractivity contribution in [1.82, 2.24) is 9.29 Å². The molecule has 1 atom stereocenters. The third-order valence-corrected chi connectivity index (χ3v) is 5.43. The van der Waals surface area contributed by atoms with Gasteiger partial charge in [-0.1, -0.05) is 23.8 Å². The Kier molecular flexibility index (Phi) is 5.12. The molecule has 0 bridgehead atoms. The third kappa shape index (κ3) is 3.94. The van der Waals surface area contributed by atoms with Crippen molar-refractivity contribution in [2.24, 2.45) is 0 Å². The van der Waals surface area contributed by atoms with Crippen LogP contribution in [0, 0.1) is 6.92 Å². The summed E-state index contributed by atoms with van der Waals surface area (Å²) in [6, 6.07) is 10.2. The van der Waals surface area contributed by atoms with Crippen LogP contribution in [0.15, 0.2) is 53.6 Å². The summed E-state index contributed by atoms with van der Waals surface area (Å²) >= 11 is 0. The zero-order chi connectivity index (χ0) is 17.0. The molecule has 1 aromatic carbocycles. The fourth-order valence-corrected chi connectivity index (χ4v) is 3.44. The van der Waals surface area contributed by atoms with Crippen LogP contribution in [0.5, 0.6) is 0 Å². The lowest BCUT2D eigenvalue weighted by Crippen LogP contribution is -2.43. The van der Waals surface area contributed by atoms with E-state index in [2.05, 4.69) is 4.98 Å². The van der Waals surface area contributed by atoms with Crippen LogP contribution in [0.4, 0.5) is 0 Å². The summed E-state index contributed by atoms with van der Waals surface area (Å²) in [6.07, 6.45) is 1.54. The number of aromatic nitrogens is 1. The molecule has 6 nitrogen and oxygen atoms in total. The van der Waals surface area contributed by atoms with Crippen LogP contribution in [-0.4, -0.2) is 41.9 Å². The molecule has 2 rings (SSSR count). The van der Waals surface area contributed by atoms with E-state index in [4.69, 9.17) is 0 Å². The first-order chi connectivity index (χ1) is 10.8. The molecule has 122 valence electrons. The summed E-state index contributed by atoms with van der Waals surface area (Å²) in [5.41, 5.74) is 1.45. The minimum atomic E-state index is -3.90. The topological polar surface area (TPSA) is 87.6 Å². The molecule has 7 heteroatoms. The number of hydrogen-bond acceptors (Lipinski definition) is 4. The Bertz CT molecular complexity index is 773. The van der Waals surface area contributed by atoms with Gasteiger partial charge in [-0.15, -0.1) is 0 Å².